The predicted molar refractivity (Wildman–Crippen MR) is 48.2 cm³/mol. The molecule has 13 heavy (non-hydrogen) atoms. The van der Waals surface area contributed by atoms with Crippen molar-refractivity contribution >= 4 is 5.91 Å². The van der Waals surface area contributed by atoms with Crippen LogP contribution < -0.4 is 5.32 Å². The fourth-order valence-corrected chi connectivity index (χ4v) is 1.19. The van der Waals surface area contributed by atoms with Crippen LogP contribution >= 0.6 is 0 Å². The fourth-order valence-electron chi connectivity index (χ4n) is 1.19. The third-order valence-corrected chi connectivity index (χ3v) is 2.00. The first-order chi connectivity index (χ1) is 5.99. The first kappa shape index (κ1) is 10.5. The molecule has 0 spiro atoms. The summed E-state index contributed by atoms with van der Waals surface area (Å²) in [6.07, 6.45) is 0.789. The van der Waals surface area contributed by atoms with Gasteiger partial charge in [-0.3, -0.25) is 4.79 Å². The number of ether oxygens (including phenoxy) is 1. The van der Waals surface area contributed by atoms with Crippen LogP contribution in [0.5, 0.6) is 0 Å². The minimum Gasteiger partial charge on any atom is -0.389 e. The van der Waals surface area contributed by atoms with Crippen LogP contribution in [0.3, 0.4) is 0 Å². The van der Waals surface area contributed by atoms with Crippen molar-refractivity contribution in [3.05, 3.63) is 0 Å². The van der Waals surface area contributed by atoms with Crippen LogP contribution in [0.25, 0.3) is 0 Å². The molecular formula is C9H17NO3. The van der Waals surface area contributed by atoms with E-state index in [4.69, 9.17) is 4.74 Å². The summed E-state index contributed by atoms with van der Waals surface area (Å²) >= 11 is 0. The SMILES string of the molecule is CC(C)(O)CNC(=O)C1CCOC1. The zero-order chi connectivity index (χ0) is 9.90. The molecule has 0 aliphatic carbocycles. The normalized spacial score (nSPS) is 23.2. The average Bonchev–Trinajstić information content (AvgIpc) is 2.50. The van der Waals surface area contributed by atoms with Gasteiger partial charge in [0.2, 0.25) is 5.91 Å². The number of carbonyl (C=O) groups is 1. The summed E-state index contributed by atoms with van der Waals surface area (Å²) in [5, 5.41) is 12.1. The van der Waals surface area contributed by atoms with Gasteiger partial charge in [-0.25, -0.2) is 0 Å². The maximum Gasteiger partial charge on any atom is 0.225 e. The van der Waals surface area contributed by atoms with Gasteiger partial charge >= 0.3 is 0 Å². The third kappa shape index (κ3) is 3.74. The van der Waals surface area contributed by atoms with E-state index in [9.17, 15) is 9.90 Å². The molecule has 1 fully saturated rings. The number of amides is 1. The zero-order valence-electron chi connectivity index (χ0n) is 8.17. The van der Waals surface area contributed by atoms with E-state index in [-0.39, 0.29) is 11.8 Å². The third-order valence-electron chi connectivity index (χ3n) is 2.00. The Morgan fingerprint density at radius 2 is 2.38 bits per heavy atom. The highest BCUT2D eigenvalue weighted by Gasteiger charge is 2.24. The summed E-state index contributed by atoms with van der Waals surface area (Å²) in [6.45, 7) is 4.80. The van der Waals surface area contributed by atoms with Crippen molar-refractivity contribution < 1.29 is 14.6 Å². The number of hydrogen-bond donors (Lipinski definition) is 2. The topological polar surface area (TPSA) is 58.6 Å². The Kier molecular flexibility index (Phi) is 3.27. The molecule has 1 aliphatic rings. The van der Waals surface area contributed by atoms with E-state index in [1.165, 1.54) is 0 Å². The number of carbonyl (C=O) groups excluding carboxylic acids is 1. The standard InChI is InChI=1S/C9H17NO3/c1-9(2,12)6-10-8(11)7-3-4-13-5-7/h7,12H,3-6H2,1-2H3,(H,10,11). The first-order valence-electron chi connectivity index (χ1n) is 4.57. The highest BCUT2D eigenvalue weighted by molar-refractivity contribution is 5.79. The van der Waals surface area contributed by atoms with Gasteiger partial charge in [0.05, 0.1) is 18.1 Å². The van der Waals surface area contributed by atoms with E-state index >= 15 is 0 Å². The van der Waals surface area contributed by atoms with Gasteiger partial charge in [-0.15, -0.1) is 0 Å². The summed E-state index contributed by atoms with van der Waals surface area (Å²) in [6, 6.07) is 0. The molecule has 1 saturated heterocycles. The highest BCUT2D eigenvalue weighted by atomic mass is 16.5. The monoisotopic (exact) mass is 187 g/mol. The number of hydrogen-bond acceptors (Lipinski definition) is 3. The lowest BCUT2D eigenvalue weighted by molar-refractivity contribution is -0.125. The number of rotatable bonds is 3. The molecule has 4 nitrogen and oxygen atoms in total. The Bertz CT molecular complexity index is 180. The van der Waals surface area contributed by atoms with Crippen LogP contribution in [0.15, 0.2) is 0 Å². The van der Waals surface area contributed by atoms with Crippen molar-refractivity contribution in [2.75, 3.05) is 19.8 Å². The Hall–Kier alpha value is -0.610. The van der Waals surface area contributed by atoms with Gasteiger partial charge in [0.1, 0.15) is 0 Å². The molecule has 0 aromatic carbocycles. The van der Waals surface area contributed by atoms with Crippen molar-refractivity contribution in [1.29, 1.82) is 0 Å². The minimum absolute atomic E-state index is 0.0142. The molecule has 1 heterocycles. The molecule has 2 N–H and O–H groups in total. The van der Waals surface area contributed by atoms with Crippen LogP contribution in [0.4, 0.5) is 0 Å². The molecule has 0 bridgehead atoms. The van der Waals surface area contributed by atoms with E-state index in [1.807, 2.05) is 0 Å². The van der Waals surface area contributed by atoms with Gasteiger partial charge in [-0.1, -0.05) is 0 Å². The second kappa shape index (κ2) is 4.07. The smallest absolute Gasteiger partial charge is 0.225 e. The van der Waals surface area contributed by atoms with E-state index in [0.29, 0.717) is 19.8 Å². The summed E-state index contributed by atoms with van der Waals surface area (Å²) in [4.78, 5) is 11.4. The lowest BCUT2D eigenvalue weighted by Gasteiger charge is -2.18. The van der Waals surface area contributed by atoms with Crippen molar-refractivity contribution in [2.45, 2.75) is 25.9 Å². The van der Waals surface area contributed by atoms with Crippen molar-refractivity contribution in [3.8, 4) is 0 Å². The van der Waals surface area contributed by atoms with Gasteiger partial charge in [0, 0.05) is 13.2 Å². The average molecular weight is 187 g/mol. The van der Waals surface area contributed by atoms with Gasteiger partial charge < -0.3 is 15.2 Å². The van der Waals surface area contributed by atoms with Crippen LogP contribution in [0.2, 0.25) is 0 Å². The molecular weight excluding hydrogens is 170 g/mol. The molecule has 1 rings (SSSR count). The van der Waals surface area contributed by atoms with Gasteiger partial charge in [-0.2, -0.15) is 0 Å². The Morgan fingerprint density at radius 1 is 1.69 bits per heavy atom. The van der Waals surface area contributed by atoms with Crippen molar-refractivity contribution in [2.24, 2.45) is 5.92 Å². The number of nitrogens with one attached hydrogen (secondary N) is 1. The molecule has 1 amide bonds. The quantitative estimate of drug-likeness (QED) is 0.649. The van der Waals surface area contributed by atoms with E-state index in [2.05, 4.69) is 5.32 Å². The summed E-state index contributed by atoms with van der Waals surface area (Å²) in [7, 11) is 0. The molecule has 0 aromatic rings. The predicted octanol–water partition coefficient (Wildman–Crippen LogP) is -0.0900. The van der Waals surface area contributed by atoms with Crippen molar-refractivity contribution in [1.82, 2.24) is 5.32 Å². The Morgan fingerprint density at radius 3 is 2.85 bits per heavy atom. The molecule has 76 valence electrons. The second-order valence-electron chi connectivity index (χ2n) is 4.09. The molecule has 4 heteroatoms. The van der Waals surface area contributed by atoms with Gasteiger partial charge in [0.15, 0.2) is 0 Å². The van der Waals surface area contributed by atoms with Crippen LogP contribution in [-0.4, -0.2) is 36.4 Å². The zero-order valence-corrected chi connectivity index (χ0v) is 8.17. The van der Waals surface area contributed by atoms with E-state index in [1.54, 1.807) is 13.8 Å². The first-order valence-corrected chi connectivity index (χ1v) is 4.57. The summed E-state index contributed by atoms with van der Waals surface area (Å²) < 4.78 is 5.09. The highest BCUT2D eigenvalue weighted by Crippen LogP contribution is 2.12. The lowest BCUT2D eigenvalue weighted by Crippen LogP contribution is -2.41. The number of aliphatic hydroxyl groups is 1. The van der Waals surface area contributed by atoms with Crippen molar-refractivity contribution in [3.63, 3.8) is 0 Å². The molecule has 1 atom stereocenters. The molecule has 1 unspecified atom stereocenters. The molecule has 0 aromatic heterocycles. The molecule has 1 aliphatic heterocycles. The maximum atomic E-state index is 11.4. The largest absolute Gasteiger partial charge is 0.389 e. The fraction of sp³-hybridized carbons (Fsp3) is 0.889. The van der Waals surface area contributed by atoms with Gasteiger partial charge in [0.25, 0.3) is 0 Å². The summed E-state index contributed by atoms with van der Waals surface area (Å²) in [5.74, 6) is -0.0398. The summed E-state index contributed by atoms with van der Waals surface area (Å²) in [5.41, 5.74) is -0.838. The van der Waals surface area contributed by atoms with E-state index in [0.717, 1.165) is 6.42 Å². The molecule has 0 saturated carbocycles. The maximum absolute atomic E-state index is 11.4. The van der Waals surface area contributed by atoms with E-state index < -0.39 is 5.60 Å². The second-order valence-corrected chi connectivity index (χ2v) is 4.09. The minimum atomic E-state index is -0.838. The van der Waals surface area contributed by atoms with Crippen LogP contribution in [-0.2, 0) is 9.53 Å². The van der Waals surface area contributed by atoms with Crippen LogP contribution in [0.1, 0.15) is 20.3 Å². The Balaban J connectivity index is 2.25. The lowest BCUT2D eigenvalue weighted by atomic mass is 10.1. The van der Waals surface area contributed by atoms with Gasteiger partial charge in [-0.05, 0) is 20.3 Å². The molecule has 0 radical (unpaired) electrons. The van der Waals surface area contributed by atoms with Crippen LogP contribution in [0, 0.1) is 5.92 Å². The Labute approximate surface area is 78.3 Å².